The van der Waals surface area contributed by atoms with Crippen LogP contribution in [0.2, 0.25) is 0 Å². The van der Waals surface area contributed by atoms with Gasteiger partial charge in [-0.1, -0.05) is 12.1 Å². The fourth-order valence-corrected chi connectivity index (χ4v) is 4.48. The molecular weight excluding hydrogens is 406 g/mol. The van der Waals surface area contributed by atoms with Crippen molar-refractivity contribution in [1.82, 2.24) is 14.5 Å². The van der Waals surface area contributed by atoms with Crippen LogP contribution in [0.3, 0.4) is 0 Å². The molecule has 0 atom stereocenters. The highest BCUT2D eigenvalue weighted by molar-refractivity contribution is 5.76. The molecule has 3 heterocycles. The number of fused-ring (bicyclic) bond motifs is 4. The molecule has 0 spiro atoms. The molecule has 0 radical (unpaired) electrons. The summed E-state index contributed by atoms with van der Waals surface area (Å²) in [6.45, 7) is 1.87. The molecule has 0 fully saturated rings. The zero-order valence-corrected chi connectivity index (χ0v) is 18.0. The number of carbonyl (C=O) groups excluding carboxylic acids is 1. The van der Waals surface area contributed by atoms with E-state index in [4.69, 9.17) is 9.47 Å². The maximum absolute atomic E-state index is 13.0. The smallest absolute Gasteiger partial charge is 0.242 e. The first kappa shape index (κ1) is 20.4. The van der Waals surface area contributed by atoms with Crippen LogP contribution in [0.15, 0.2) is 49.1 Å². The molecule has 2 bridgehead atoms. The number of benzene rings is 2. The van der Waals surface area contributed by atoms with E-state index in [1.165, 1.54) is 11.1 Å². The Morgan fingerprint density at radius 2 is 1.75 bits per heavy atom. The van der Waals surface area contributed by atoms with E-state index in [0.717, 1.165) is 54.7 Å². The predicted octanol–water partition coefficient (Wildman–Crippen LogP) is 3.12. The maximum atomic E-state index is 13.0. The van der Waals surface area contributed by atoms with Gasteiger partial charge in [0.05, 0.1) is 6.33 Å². The number of hydrogen-bond donors (Lipinski definition) is 1. The van der Waals surface area contributed by atoms with Crippen LogP contribution in [0.4, 0.5) is 0 Å². The van der Waals surface area contributed by atoms with Crippen molar-refractivity contribution < 1.29 is 19.4 Å². The van der Waals surface area contributed by atoms with Crippen LogP contribution in [0, 0.1) is 0 Å². The van der Waals surface area contributed by atoms with E-state index in [2.05, 4.69) is 23.2 Å². The Bertz CT molecular complexity index is 1110. The van der Waals surface area contributed by atoms with Crippen molar-refractivity contribution in [3.8, 4) is 17.2 Å². The lowest BCUT2D eigenvalue weighted by Crippen LogP contribution is -2.36. The van der Waals surface area contributed by atoms with Gasteiger partial charge in [-0.25, -0.2) is 4.98 Å². The van der Waals surface area contributed by atoms with Gasteiger partial charge in [-0.05, 0) is 72.6 Å². The minimum Gasteiger partial charge on any atom is -0.508 e. The van der Waals surface area contributed by atoms with Gasteiger partial charge < -0.3 is 24.0 Å². The second-order valence-electron chi connectivity index (χ2n) is 8.41. The second kappa shape index (κ2) is 8.94. The van der Waals surface area contributed by atoms with Gasteiger partial charge >= 0.3 is 0 Å². The molecule has 1 N–H and O–H groups in total. The molecule has 2 aliphatic rings. The summed E-state index contributed by atoms with van der Waals surface area (Å²) in [5, 5.41) is 10.4. The Kier molecular flexibility index (Phi) is 5.71. The summed E-state index contributed by atoms with van der Waals surface area (Å²) in [6.07, 6.45) is 9.20. The number of hydrogen-bond acceptors (Lipinski definition) is 5. The molecule has 7 heteroatoms. The average molecular weight is 434 g/mol. The summed E-state index contributed by atoms with van der Waals surface area (Å²) in [5.41, 5.74) is 4.48. The van der Waals surface area contributed by atoms with Gasteiger partial charge in [0.1, 0.15) is 12.3 Å². The van der Waals surface area contributed by atoms with Crippen LogP contribution < -0.4 is 9.47 Å². The molecule has 32 heavy (non-hydrogen) atoms. The topological polar surface area (TPSA) is 76.8 Å². The van der Waals surface area contributed by atoms with Crippen LogP contribution in [0.25, 0.3) is 0 Å². The average Bonchev–Trinajstić information content (AvgIpc) is 3.46. The molecule has 0 saturated heterocycles. The third-order valence-electron chi connectivity index (χ3n) is 6.28. The summed E-state index contributed by atoms with van der Waals surface area (Å²) in [7, 11) is 0. The lowest BCUT2D eigenvalue weighted by atomic mass is 9.95. The number of aromatic nitrogens is 2. The van der Waals surface area contributed by atoms with E-state index < -0.39 is 0 Å². The summed E-state index contributed by atoms with van der Waals surface area (Å²) < 4.78 is 13.0. The van der Waals surface area contributed by atoms with Gasteiger partial charge in [0.15, 0.2) is 11.5 Å². The van der Waals surface area contributed by atoms with E-state index in [9.17, 15) is 9.90 Å². The lowest BCUT2D eigenvalue weighted by Gasteiger charge is -2.23. The molecule has 1 amide bonds. The summed E-state index contributed by atoms with van der Waals surface area (Å²) in [6, 6.07) is 9.93. The fourth-order valence-electron chi connectivity index (χ4n) is 4.48. The normalized spacial score (nSPS) is 15.9. The Labute approximate surface area is 187 Å². The number of amides is 1. The molecule has 7 nitrogen and oxygen atoms in total. The third-order valence-corrected chi connectivity index (χ3v) is 6.28. The van der Waals surface area contributed by atoms with Crippen molar-refractivity contribution >= 4 is 5.91 Å². The van der Waals surface area contributed by atoms with Crippen LogP contribution in [0.5, 0.6) is 17.2 Å². The van der Waals surface area contributed by atoms with E-state index in [-0.39, 0.29) is 19.2 Å². The number of aryl methyl sites for hydroxylation is 3. The minimum absolute atomic E-state index is 0.0859. The highest BCUT2D eigenvalue weighted by Gasteiger charge is 2.20. The number of rotatable bonds is 2. The number of imidazole rings is 1. The molecule has 0 aliphatic carbocycles. The standard InChI is InChI=1S/C25H27N3O4/c29-22-6-3-18-7-10-28(25(30)15-27-11-8-26-16-27)9-1-2-19-13-23-24(32-17-31-23)14-20(19)4-5-21(22)12-18/h3,6,8,11-14,16,29H,1-2,4-5,7,9-10,15,17H2. The molecule has 0 saturated carbocycles. The number of phenols is 1. The SMILES string of the molecule is O=C(Cn1ccnc1)N1CCCc2cc3c(cc2CCc2cc(ccc2O)CC1)OCO3. The van der Waals surface area contributed by atoms with Crippen LogP contribution in [-0.4, -0.2) is 45.3 Å². The zero-order valence-electron chi connectivity index (χ0n) is 18.0. The molecule has 1 aromatic heterocycles. The van der Waals surface area contributed by atoms with E-state index in [1.54, 1.807) is 23.2 Å². The number of ether oxygens (including phenoxy) is 2. The summed E-state index contributed by atoms with van der Waals surface area (Å²) >= 11 is 0. The first-order chi connectivity index (χ1) is 15.7. The molecule has 0 unspecified atom stereocenters. The van der Waals surface area contributed by atoms with Crippen LogP contribution in [-0.2, 0) is 37.0 Å². The highest BCUT2D eigenvalue weighted by Crippen LogP contribution is 2.36. The van der Waals surface area contributed by atoms with Gasteiger partial charge in [-0.2, -0.15) is 0 Å². The van der Waals surface area contributed by atoms with Gasteiger partial charge in [0.25, 0.3) is 0 Å². The lowest BCUT2D eigenvalue weighted by molar-refractivity contribution is -0.131. The van der Waals surface area contributed by atoms with Gasteiger partial charge in [-0.15, -0.1) is 0 Å². The number of nitrogens with zero attached hydrogens (tertiary/aromatic N) is 3. The van der Waals surface area contributed by atoms with Gasteiger partial charge in [0.2, 0.25) is 12.7 Å². The Morgan fingerprint density at radius 1 is 0.969 bits per heavy atom. The predicted molar refractivity (Wildman–Crippen MR) is 119 cm³/mol. The second-order valence-corrected chi connectivity index (χ2v) is 8.41. The summed E-state index contributed by atoms with van der Waals surface area (Å²) in [4.78, 5) is 19.0. The fraction of sp³-hybridized carbons (Fsp3) is 0.360. The van der Waals surface area contributed by atoms with Crippen molar-refractivity contribution in [3.63, 3.8) is 0 Å². The number of phenolic OH excluding ortho intramolecular Hbond substituents is 1. The van der Waals surface area contributed by atoms with Gasteiger partial charge in [0, 0.05) is 25.5 Å². The number of carbonyl (C=O) groups is 1. The molecular formula is C25H27N3O4. The quantitative estimate of drug-likeness (QED) is 0.672. The maximum Gasteiger partial charge on any atom is 0.242 e. The Hall–Kier alpha value is -3.48. The molecule has 5 rings (SSSR count). The zero-order chi connectivity index (χ0) is 21.9. The Morgan fingerprint density at radius 3 is 2.53 bits per heavy atom. The van der Waals surface area contributed by atoms with Crippen molar-refractivity contribution in [2.24, 2.45) is 0 Å². The first-order valence-corrected chi connectivity index (χ1v) is 11.1. The highest BCUT2D eigenvalue weighted by atomic mass is 16.7. The van der Waals surface area contributed by atoms with Crippen molar-refractivity contribution in [2.75, 3.05) is 19.9 Å². The van der Waals surface area contributed by atoms with E-state index >= 15 is 0 Å². The molecule has 2 aliphatic heterocycles. The summed E-state index contributed by atoms with van der Waals surface area (Å²) in [5.74, 6) is 1.97. The monoisotopic (exact) mass is 433 g/mol. The number of aromatic hydroxyl groups is 1. The first-order valence-electron chi connectivity index (χ1n) is 11.1. The van der Waals surface area contributed by atoms with Crippen molar-refractivity contribution in [2.45, 2.75) is 38.6 Å². The van der Waals surface area contributed by atoms with Crippen LogP contribution >= 0.6 is 0 Å². The van der Waals surface area contributed by atoms with Crippen LogP contribution in [0.1, 0.15) is 28.7 Å². The molecule has 2 aromatic carbocycles. The minimum atomic E-state index is 0.0859. The van der Waals surface area contributed by atoms with E-state index in [1.807, 2.05) is 17.2 Å². The molecule has 166 valence electrons. The Balaban J connectivity index is 1.43. The molecule has 3 aromatic rings. The van der Waals surface area contributed by atoms with Gasteiger partial charge in [-0.3, -0.25) is 4.79 Å². The van der Waals surface area contributed by atoms with Crippen molar-refractivity contribution in [3.05, 3.63) is 71.3 Å². The van der Waals surface area contributed by atoms with Crippen molar-refractivity contribution in [1.29, 1.82) is 0 Å². The third kappa shape index (κ3) is 4.42. The largest absolute Gasteiger partial charge is 0.508 e. The van der Waals surface area contributed by atoms with E-state index in [0.29, 0.717) is 18.8 Å².